The molecule has 4 aromatic rings. The molecule has 3 N–H and O–H groups in total. The Bertz CT molecular complexity index is 2770. The Morgan fingerprint density at radius 3 is 2.39 bits per heavy atom. The number of halogens is 2. The van der Waals surface area contributed by atoms with Crippen LogP contribution in [0.3, 0.4) is 0 Å². The molecule has 1 amide bonds. The van der Waals surface area contributed by atoms with Crippen molar-refractivity contribution in [1.29, 1.82) is 0 Å². The summed E-state index contributed by atoms with van der Waals surface area (Å²) in [6, 6.07) is 8.37. The highest BCUT2D eigenvalue weighted by atomic mass is 127. The van der Waals surface area contributed by atoms with Crippen LogP contribution < -0.4 is 5.14 Å². The summed E-state index contributed by atoms with van der Waals surface area (Å²) >= 11 is 1.76. The number of unbranched alkanes of at least 4 members (excludes halogenated alkanes) is 1. The molecule has 7 rings (SSSR count). The average Bonchev–Trinajstić information content (AvgIpc) is 4.11. The summed E-state index contributed by atoms with van der Waals surface area (Å²) in [7, 11) is -0.621. The number of nitrogens with two attached hydrogens (primary N) is 1. The number of primary sulfonamides is 1. The lowest BCUT2D eigenvalue weighted by molar-refractivity contribution is -0.296. The Balaban J connectivity index is 1.07. The van der Waals surface area contributed by atoms with Crippen LogP contribution in [0.1, 0.15) is 85.4 Å². The third kappa shape index (κ3) is 12.8. The van der Waals surface area contributed by atoms with E-state index in [1.807, 2.05) is 41.8 Å². The number of carbonyl (C=O) groups is 4. The molecule has 0 unspecified atom stereocenters. The van der Waals surface area contributed by atoms with Crippen LogP contribution in [0.2, 0.25) is 0 Å². The van der Waals surface area contributed by atoms with Crippen molar-refractivity contribution in [2.24, 2.45) is 22.9 Å². The minimum absolute atomic E-state index is 0.000528. The van der Waals surface area contributed by atoms with Gasteiger partial charge in [0.25, 0.3) is 5.67 Å². The zero-order valence-corrected chi connectivity index (χ0v) is 46.7. The second-order valence-corrected chi connectivity index (χ2v) is 23.5. The van der Waals surface area contributed by atoms with Gasteiger partial charge in [-0.25, -0.2) is 37.2 Å². The lowest BCUT2D eigenvalue weighted by Crippen LogP contribution is -2.61. The number of ether oxygens (including phenoxy) is 5. The number of aliphatic hydroxyl groups excluding tert-OH is 1. The van der Waals surface area contributed by atoms with E-state index >= 15 is 4.39 Å². The SMILES string of the molecule is CO[C@]1(C)C[C@@H](C)C(=O)[C@H](C)[C@H]2N(CCCCn3cnc(-c4cccnc4)c3)C(=O)O[C@]2(C)[C@@H](I)OC(=O)[C@@](C)(F)C(=O)[C@H](C)[C@H]1O[C@@H]1O[C@H](C)C[C@H](N(C)CCc2cn(Cc3ccc(S(N)(=O)=O)cc3)nn2)[C@H]1O. The summed E-state index contributed by atoms with van der Waals surface area (Å²) < 4.78 is 73.5. The number of alkyl halides is 2. The zero-order valence-electron chi connectivity index (χ0n) is 43.7. The summed E-state index contributed by atoms with van der Waals surface area (Å²) in [4.78, 5) is 69.3. The molecule has 3 aliphatic rings. The normalized spacial score (nSPS) is 32.3. The van der Waals surface area contributed by atoms with E-state index in [1.165, 1.54) is 31.1 Å². The largest absolute Gasteiger partial charge is 0.445 e. The molecule has 6 heterocycles. The predicted octanol–water partition coefficient (Wildman–Crippen LogP) is 4.90. The summed E-state index contributed by atoms with van der Waals surface area (Å²) in [5.41, 5.74) is -3.37. The monoisotopic (exact) mass is 1180 g/mol. The second-order valence-electron chi connectivity index (χ2n) is 20.8. The number of aryl methyl sites for hydroxylation is 1. The number of aliphatic hydroxyl groups is 1. The number of aromatic nitrogens is 6. The number of amides is 1. The average molecular weight is 1180 g/mol. The number of fused-ring (bicyclic) bond motifs is 1. The molecule has 0 saturated carbocycles. The van der Waals surface area contributed by atoms with Crippen molar-refractivity contribution < 1.29 is 60.8 Å². The zero-order chi connectivity index (χ0) is 54.8. The number of likely N-dealkylation sites (N-methyl/N-ethyl adjacent to an activating group) is 1. The topological polar surface area (TPSA) is 263 Å². The van der Waals surface area contributed by atoms with Crippen LogP contribution in [0.15, 0.2) is 72.4 Å². The number of methoxy groups -OCH3 is 1. The van der Waals surface area contributed by atoms with E-state index in [2.05, 4.69) is 20.3 Å². The first-order chi connectivity index (χ1) is 35.3. The van der Waals surface area contributed by atoms with Gasteiger partial charge in [-0.05, 0) is 113 Å². The number of carbonyl (C=O) groups excluding carboxylic acids is 4. The number of sulfonamides is 1. The molecule has 0 radical (unpaired) electrons. The van der Waals surface area contributed by atoms with E-state index < -0.39 is 103 Å². The summed E-state index contributed by atoms with van der Waals surface area (Å²) in [5.74, 6) is -6.17. The Hall–Kier alpha value is -4.83. The maximum atomic E-state index is 17.1. The molecule has 3 aliphatic heterocycles. The number of imidazole rings is 1. The fourth-order valence-electron chi connectivity index (χ4n) is 10.7. The fraction of sp³-hybridized carbons (Fsp3) is 0.608. The third-order valence-corrected chi connectivity index (χ3v) is 17.5. The Labute approximate surface area is 450 Å². The molecule has 75 heavy (non-hydrogen) atoms. The fourth-order valence-corrected chi connectivity index (χ4v) is 12.0. The highest BCUT2D eigenvalue weighted by molar-refractivity contribution is 14.1. The maximum absolute atomic E-state index is 17.1. The highest BCUT2D eigenvalue weighted by Gasteiger charge is 2.62. The Morgan fingerprint density at radius 1 is 1.01 bits per heavy atom. The van der Waals surface area contributed by atoms with Crippen molar-refractivity contribution >= 4 is 56.2 Å². The van der Waals surface area contributed by atoms with Crippen molar-refractivity contribution in [1.82, 2.24) is 39.3 Å². The lowest BCUT2D eigenvalue weighted by Gasteiger charge is -2.47. The number of pyridine rings is 1. The van der Waals surface area contributed by atoms with Crippen molar-refractivity contribution in [2.45, 2.75) is 156 Å². The minimum atomic E-state index is -3.83. The number of esters is 1. The molecule has 0 spiro atoms. The number of Topliss-reactive ketones (excluding diaryl/α,β-unsaturated/α-hetero) is 2. The molecule has 410 valence electrons. The quantitative estimate of drug-likeness (QED) is 0.0497. The van der Waals surface area contributed by atoms with Gasteiger partial charge in [0.2, 0.25) is 10.0 Å². The van der Waals surface area contributed by atoms with Gasteiger partial charge in [-0.2, -0.15) is 0 Å². The number of hydrogen-bond acceptors (Lipinski definition) is 17. The van der Waals surface area contributed by atoms with Crippen molar-refractivity contribution in [3.8, 4) is 11.3 Å². The smallest absolute Gasteiger partial charge is 0.410 e. The van der Waals surface area contributed by atoms with E-state index in [0.717, 1.165) is 23.7 Å². The van der Waals surface area contributed by atoms with Gasteiger partial charge < -0.3 is 43.2 Å². The molecule has 0 bridgehead atoms. The van der Waals surface area contributed by atoms with E-state index in [1.54, 1.807) is 92.0 Å². The van der Waals surface area contributed by atoms with Crippen LogP contribution in [0.25, 0.3) is 11.3 Å². The highest BCUT2D eigenvalue weighted by Crippen LogP contribution is 2.44. The van der Waals surface area contributed by atoms with Gasteiger partial charge in [-0.15, -0.1) is 5.10 Å². The van der Waals surface area contributed by atoms with Crippen LogP contribution in [-0.2, 0) is 67.6 Å². The number of nitrogens with zero attached hydrogens (tertiary/aromatic N) is 8. The third-order valence-electron chi connectivity index (χ3n) is 15.0. The van der Waals surface area contributed by atoms with E-state index in [0.29, 0.717) is 51.0 Å². The summed E-state index contributed by atoms with van der Waals surface area (Å²) in [6.07, 6.45) is 5.40. The van der Waals surface area contributed by atoms with Crippen LogP contribution in [0.4, 0.5) is 9.18 Å². The van der Waals surface area contributed by atoms with Gasteiger partial charge in [0.05, 0.1) is 53.0 Å². The van der Waals surface area contributed by atoms with E-state index in [9.17, 15) is 32.7 Å². The maximum Gasteiger partial charge on any atom is 0.410 e. The first kappa shape index (κ1) is 57.9. The van der Waals surface area contributed by atoms with Crippen molar-refractivity contribution in [3.63, 3.8) is 0 Å². The summed E-state index contributed by atoms with van der Waals surface area (Å²) in [5, 5.41) is 25.8. The second kappa shape index (κ2) is 23.4. The molecular weight excluding hydrogens is 1110 g/mol. The van der Waals surface area contributed by atoms with Crippen LogP contribution in [0, 0.1) is 17.8 Å². The van der Waals surface area contributed by atoms with Gasteiger partial charge in [-0.1, -0.05) is 38.1 Å². The molecule has 0 aliphatic carbocycles. The van der Waals surface area contributed by atoms with Gasteiger partial charge in [0.15, 0.2) is 21.8 Å². The first-order valence-corrected chi connectivity index (χ1v) is 27.9. The Kier molecular flexibility index (Phi) is 18.1. The predicted molar refractivity (Wildman–Crippen MR) is 278 cm³/mol. The molecule has 1 aromatic carbocycles. The molecule has 3 saturated heterocycles. The molecule has 21 nitrogen and oxygen atoms in total. The van der Waals surface area contributed by atoms with Gasteiger partial charge in [0, 0.05) is 87.3 Å². The number of ketones is 2. The number of benzene rings is 1. The standard InChI is InChI=1S/C51H69FIN9O12S/c1-30-24-49(5,70-9)44(72-45-41(64)39(23-31(2)71-45)59(8)22-18-36-27-61(58-57-36)26-34-14-16-37(17-15-34)75(54,68)69)33(4)43(65)50(6,52)47(66)73-46(53)51(7)42(32(3)40(30)63)62(48(67)74-51)21-11-10-20-60-28-38(56-29-60)35-13-12-19-55-25-35/h12-17,19,25,27-33,39,41-42,44-46,64H,10-11,18,20-24,26H2,1-9H3,(H2,54,68,69)/t30-,31-,32+,33+,39+,41-,42-,44-,45+,46+,49-,50+,51+/m1/s1. The Morgan fingerprint density at radius 2 is 1.72 bits per heavy atom. The lowest BCUT2D eigenvalue weighted by atomic mass is 9.74. The van der Waals surface area contributed by atoms with E-state index in [4.69, 9.17) is 28.8 Å². The van der Waals surface area contributed by atoms with Gasteiger partial charge >= 0.3 is 12.1 Å². The number of cyclic esters (lactones) is 1. The first-order valence-electron chi connectivity index (χ1n) is 25.1. The van der Waals surface area contributed by atoms with Crippen LogP contribution in [0.5, 0.6) is 0 Å². The minimum Gasteiger partial charge on any atom is -0.445 e. The van der Waals surface area contributed by atoms with Crippen LogP contribution >= 0.6 is 22.6 Å². The molecular formula is C51H69FIN9O12S. The number of rotatable bonds is 16. The van der Waals surface area contributed by atoms with Crippen LogP contribution in [-0.4, -0.2) is 161 Å². The van der Waals surface area contributed by atoms with E-state index in [-0.39, 0.29) is 23.6 Å². The molecule has 24 heteroatoms. The molecule has 3 fully saturated rings. The van der Waals surface area contributed by atoms with Gasteiger partial charge in [-0.3, -0.25) is 14.6 Å². The van der Waals surface area contributed by atoms with Gasteiger partial charge in [0.1, 0.15) is 11.9 Å². The number of hydrogen-bond donors (Lipinski definition) is 2. The summed E-state index contributed by atoms with van der Waals surface area (Å²) in [6.45, 7) is 12.1. The van der Waals surface area contributed by atoms with Crippen molar-refractivity contribution in [2.75, 3.05) is 27.2 Å². The van der Waals surface area contributed by atoms with Crippen molar-refractivity contribution in [3.05, 3.63) is 78.8 Å². The molecule has 13 atom stereocenters. The molecule has 3 aromatic heterocycles.